The zero-order valence-corrected chi connectivity index (χ0v) is 16.7. The van der Waals surface area contributed by atoms with Gasteiger partial charge < -0.3 is 19.1 Å². The van der Waals surface area contributed by atoms with E-state index in [0.717, 1.165) is 12.8 Å². The summed E-state index contributed by atoms with van der Waals surface area (Å²) in [7, 11) is 0. The van der Waals surface area contributed by atoms with Crippen molar-refractivity contribution >= 4 is 11.9 Å². The number of amides is 1. The molecular weight excluding hydrogens is 346 g/mol. The lowest BCUT2D eigenvalue weighted by Crippen LogP contribution is -2.46. The number of hydrogen-bond donors (Lipinski definition) is 0. The van der Waals surface area contributed by atoms with Crippen molar-refractivity contribution in [1.82, 2.24) is 4.90 Å². The van der Waals surface area contributed by atoms with E-state index in [-0.39, 0.29) is 18.3 Å². The summed E-state index contributed by atoms with van der Waals surface area (Å²) in [6.45, 7) is 9.15. The normalized spacial score (nSPS) is 21.8. The molecule has 3 rings (SSSR count). The standard InChI is InChI=1S/C21H29NO5/c1-5-6-11-25-15-7-8-18-16(12-15)17(23)13-21(26-18)9-10-22(14-21)19(24)27-20(2,3)4/h7-8,12H,5-6,9-11,13-14H2,1-4H3/t21-/m1/s1. The Morgan fingerprint density at radius 2 is 2.11 bits per heavy atom. The first-order valence-electron chi connectivity index (χ1n) is 9.68. The van der Waals surface area contributed by atoms with E-state index in [9.17, 15) is 9.59 Å². The molecule has 1 aromatic carbocycles. The van der Waals surface area contributed by atoms with E-state index in [4.69, 9.17) is 14.2 Å². The van der Waals surface area contributed by atoms with Gasteiger partial charge in [0.15, 0.2) is 5.78 Å². The number of carbonyl (C=O) groups is 2. The van der Waals surface area contributed by atoms with E-state index in [0.29, 0.717) is 43.2 Å². The van der Waals surface area contributed by atoms with Gasteiger partial charge in [0.25, 0.3) is 0 Å². The second kappa shape index (κ2) is 7.41. The predicted octanol–water partition coefficient (Wildman–Crippen LogP) is 4.21. The van der Waals surface area contributed by atoms with Gasteiger partial charge in [0.1, 0.15) is 22.7 Å². The Morgan fingerprint density at radius 3 is 2.81 bits per heavy atom. The quantitative estimate of drug-likeness (QED) is 0.738. The lowest BCUT2D eigenvalue weighted by Gasteiger charge is -2.35. The van der Waals surface area contributed by atoms with Gasteiger partial charge in [-0.15, -0.1) is 0 Å². The zero-order chi connectivity index (χ0) is 19.7. The lowest BCUT2D eigenvalue weighted by atomic mass is 9.89. The van der Waals surface area contributed by atoms with E-state index >= 15 is 0 Å². The third kappa shape index (κ3) is 4.54. The van der Waals surface area contributed by atoms with Gasteiger partial charge in [-0.05, 0) is 45.4 Å². The molecule has 0 aromatic heterocycles. The highest BCUT2D eigenvalue weighted by Gasteiger charge is 2.47. The molecule has 1 spiro atoms. The maximum absolute atomic E-state index is 12.8. The van der Waals surface area contributed by atoms with Gasteiger partial charge in [0, 0.05) is 13.0 Å². The first-order valence-corrected chi connectivity index (χ1v) is 9.68. The summed E-state index contributed by atoms with van der Waals surface area (Å²) in [5.74, 6) is 1.29. The molecule has 0 unspecified atom stereocenters. The molecule has 6 nitrogen and oxygen atoms in total. The molecule has 1 amide bonds. The molecule has 0 aliphatic carbocycles. The molecule has 0 bridgehead atoms. The lowest BCUT2D eigenvalue weighted by molar-refractivity contribution is 0.0171. The number of hydrogen-bond acceptors (Lipinski definition) is 5. The van der Waals surface area contributed by atoms with Crippen molar-refractivity contribution in [3.8, 4) is 11.5 Å². The van der Waals surface area contributed by atoms with Crippen LogP contribution < -0.4 is 9.47 Å². The van der Waals surface area contributed by atoms with Crippen LogP contribution in [0, 0.1) is 0 Å². The molecule has 2 aliphatic heterocycles. The minimum absolute atomic E-state index is 0.0308. The Hall–Kier alpha value is -2.24. The van der Waals surface area contributed by atoms with Crippen LogP contribution in [-0.4, -0.2) is 47.7 Å². The largest absolute Gasteiger partial charge is 0.494 e. The average molecular weight is 375 g/mol. The first-order chi connectivity index (χ1) is 12.7. The first kappa shape index (κ1) is 19.5. The third-order valence-electron chi connectivity index (χ3n) is 4.80. The van der Waals surface area contributed by atoms with Gasteiger partial charge in [-0.25, -0.2) is 4.79 Å². The van der Waals surface area contributed by atoms with Crippen LogP contribution in [-0.2, 0) is 4.74 Å². The molecule has 148 valence electrons. The molecule has 0 saturated carbocycles. The molecule has 1 atom stereocenters. The summed E-state index contributed by atoms with van der Waals surface area (Å²) in [4.78, 5) is 26.7. The van der Waals surface area contributed by atoms with E-state index < -0.39 is 11.2 Å². The highest BCUT2D eigenvalue weighted by atomic mass is 16.6. The van der Waals surface area contributed by atoms with Crippen molar-refractivity contribution < 1.29 is 23.8 Å². The van der Waals surface area contributed by atoms with Crippen molar-refractivity contribution in [2.24, 2.45) is 0 Å². The summed E-state index contributed by atoms with van der Waals surface area (Å²) in [5.41, 5.74) is -0.645. The van der Waals surface area contributed by atoms with Crippen molar-refractivity contribution in [3.05, 3.63) is 23.8 Å². The summed E-state index contributed by atoms with van der Waals surface area (Å²) in [6.07, 6.45) is 2.56. The van der Waals surface area contributed by atoms with E-state index in [1.165, 1.54) is 0 Å². The van der Waals surface area contributed by atoms with E-state index in [2.05, 4.69) is 6.92 Å². The van der Waals surface area contributed by atoms with Crippen LogP contribution in [0.5, 0.6) is 11.5 Å². The van der Waals surface area contributed by atoms with Gasteiger partial charge in [0.05, 0.1) is 25.1 Å². The minimum Gasteiger partial charge on any atom is -0.494 e. The second-order valence-electron chi connectivity index (χ2n) is 8.40. The zero-order valence-electron chi connectivity index (χ0n) is 16.7. The Morgan fingerprint density at radius 1 is 1.33 bits per heavy atom. The fourth-order valence-electron chi connectivity index (χ4n) is 3.45. The van der Waals surface area contributed by atoms with E-state index in [1.807, 2.05) is 26.8 Å². The maximum atomic E-state index is 12.8. The highest BCUT2D eigenvalue weighted by Crippen LogP contribution is 2.40. The number of Topliss-reactive ketones (excluding diaryl/α,β-unsaturated/α-hetero) is 1. The van der Waals surface area contributed by atoms with Gasteiger partial charge in [-0.1, -0.05) is 13.3 Å². The fraction of sp³-hybridized carbons (Fsp3) is 0.619. The van der Waals surface area contributed by atoms with Crippen LogP contribution in [0.3, 0.4) is 0 Å². The molecule has 27 heavy (non-hydrogen) atoms. The molecule has 1 fully saturated rings. The van der Waals surface area contributed by atoms with E-state index in [1.54, 1.807) is 17.0 Å². The van der Waals surface area contributed by atoms with Crippen LogP contribution in [0.2, 0.25) is 0 Å². The number of nitrogens with zero attached hydrogens (tertiary/aromatic N) is 1. The Kier molecular flexibility index (Phi) is 5.36. The fourth-order valence-corrected chi connectivity index (χ4v) is 3.45. The number of ketones is 1. The van der Waals surface area contributed by atoms with Crippen LogP contribution in [0.1, 0.15) is 63.7 Å². The third-order valence-corrected chi connectivity index (χ3v) is 4.80. The molecule has 0 N–H and O–H groups in total. The number of unbranched alkanes of at least 4 members (excludes halogenated alkanes) is 1. The van der Waals surface area contributed by atoms with Gasteiger partial charge in [-0.2, -0.15) is 0 Å². The number of benzene rings is 1. The van der Waals surface area contributed by atoms with Crippen molar-refractivity contribution in [2.75, 3.05) is 19.7 Å². The molecule has 1 aromatic rings. The van der Waals surface area contributed by atoms with Gasteiger partial charge in [0.2, 0.25) is 0 Å². The van der Waals surface area contributed by atoms with Gasteiger partial charge >= 0.3 is 6.09 Å². The van der Waals surface area contributed by atoms with Crippen molar-refractivity contribution in [3.63, 3.8) is 0 Å². The number of likely N-dealkylation sites (tertiary alicyclic amines) is 1. The van der Waals surface area contributed by atoms with Crippen LogP contribution in [0.4, 0.5) is 4.79 Å². The monoisotopic (exact) mass is 375 g/mol. The summed E-state index contributed by atoms with van der Waals surface area (Å²) in [6, 6.07) is 5.40. The molecule has 1 saturated heterocycles. The number of ether oxygens (including phenoxy) is 3. The van der Waals surface area contributed by atoms with Crippen LogP contribution in [0.15, 0.2) is 18.2 Å². The Bertz CT molecular complexity index is 724. The summed E-state index contributed by atoms with van der Waals surface area (Å²) >= 11 is 0. The molecule has 2 aliphatic rings. The topological polar surface area (TPSA) is 65.1 Å². The average Bonchev–Trinajstić information content (AvgIpc) is 2.97. The minimum atomic E-state index is -0.661. The SMILES string of the molecule is CCCCOc1ccc2c(c1)C(=O)C[C@@]1(CCN(C(=O)OC(C)(C)C)C1)O2. The Labute approximate surface area is 160 Å². The summed E-state index contributed by atoms with van der Waals surface area (Å²) in [5, 5.41) is 0. The predicted molar refractivity (Wildman–Crippen MR) is 102 cm³/mol. The summed E-state index contributed by atoms with van der Waals surface area (Å²) < 4.78 is 17.4. The highest BCUT2D eigenvalue weighted by molar-refractivity contribution is 6.00. The molecule has 0 radical (unpaired) electrons. The molecular formula is C21H29NO5. The molecule has 2 heterocycles. The molecule has 6 heteroatoms. The van der Waals surface area contributed by atoms with Crippen LogP contribution >= 0.6 is 0 Å². The number of carbonyl (C=O) groups excluding carboxylic acids is 2. The number of fused-ring (bicyclic) bond motifs is 1. The second-order valence-corrected chi connectivity index (χ2v) is 8.40. The van der Waals surface area contributed by atoms with Crippen LogP contribution in [0.25, 0.3) is 0 Å². The Balaban J connectivity index is 1.70. The number of rotatable bonds is 4. The van der Waals surface area contributed by atoms with Crippen molar-refractivity contribution in [2.45, 2.75) is 64.6 Å². The van der Waals surface area contributed by atoms with Crippen molar-refractivity contribution in [1.29, 1.82) is 0 Å². The maximum Gasteiger partial charge on any atom is 0.410 e. The van der Waals surface area contributed by atoms with Gasteiger partial charge in [-0.3, -0.25) is 4.79 Å². The smallest absolute Gasteiger partial charge is 0.410 e.